The van der Waals surface area contributed by atoms with Crippen LogP contribution in [0.25, 0.3) is 0 Å². The van der Waals surface area contributed by atoms with Gasteiger partial charge in [-0.3, -0.25) is 4.79 Å². The van der Waals surface area contributed by atoms with Gasteiger partial charge in [0.2, 0.25) is 5.78 Å². The highest BCUT2D eigenvalue weighted by Gasteiger charge is 2.42. The maximum absolute atomic E-state index is 12.9. The van der Waals surface area contributed by atoms with Gasteiger partial charge in [0, 0.05) is 5.92 Å². The molecule has 76 valence electrons. The van der Waals surface area contributed by atoms with Crippen molar-refractivity contribution in [3.63, 3.8) is 0 Å². The Morgan fingerprint density at radius 2 is 1.85 bits per heavy atom. The Hall–Kier alpha value is -0.120. The molecule has 0 saturated heterocycles. The molecule has 1 aliphatic carbocycles. The van der Waals surface area contributed by atoms with Crippen LogP contribution in [0.4, 0.5) is 8.78 Å². The quantitative estimate of drug-likeness (QED) is 0.709. The standard InChI is InChI=1S/C9H14F2OS/c1-13-9(10,11)8(12)7-5-3-2-4-6-7/h7H,2-6H2,1H3. The molecule has 1 saturated carbocycles. The molecule has 1 nitrogen and oxygen atoms in total. The van der Waals surface area contributed by atoms with Crippen molar-refractivity contribution >= 4 is 17.5 Å². The number of hydrogen-bond acceptors (Lipinski definition) is 2. The molecule has 0 aliphatic heterocycles. The van der Waals surface area contributed by atoms with Crippen LogP contribution in [-0.2, 0) is 4.79 Å². The third-order valence-electron chi connectivity index (χ3n) is 2.52. The first-order valence-electron chi connectivity index (χ1n) is 4.55. The Morgan fingerprint density at radius 1 is 1.31 bits per heavy atom. The summed E-state index contributed by atoms with van der Waals surface area (Å²) < 4.78 is 25.9. The number of thioether (sulfide) groups is 1. The summed E-state index contributed by atoms with van der Waals surface area (Å²) in [6.45, 7) is 0. The normalized spacial score (nSPS) is 20.2. The van der Waals surface area contributed by atoms with Crippen molar-refractivity contribution in [3.05, 3.63) is 0 Å². The monoisotopic (exact) mass is 208 g/mol. The summed E-state index contributed by atoms with van der Waals surface area (Å²) in [5.74, 6) is -1.25. The molecule has 1 fully saturated rings. The number of halogens is 2. The smallest absolute Gasteiger partial charge is 0.292 e. The average molecular weight is 208 g/mol. The highest BCUT2D eigenvalue weighted by molar-refractivity contribution is 8.00. The van der Waals surface area contributed by atoms with E-state index in [1.807, 2.05) is 0 Å². The van der Waals surface area contributed by atoms with Crippen molar-refractivity contribution in [1.29, 1.82) is 0 Å². The maximum Gasteiger partial charge on any atom is 0.351 e. The topological polar surface area (TPSA) is 17.1 Å². The Bertz CT molecular complexity index is 188. The van der Waals surface area contributed by atoms with Crippen molar-refractivity contribution < 1.29 is 13.6 Å². The van der Waals surface area contributed by atoms with Gasteiger partial charge in [-0.1, -0.05) is 31.0 Å². The highest BCUT2D eigenvalue weighted by atomic mass is 32.2. The summed E-state index contributed by atoms with van der Waals surface area (Å²) in [6.07, 6.45) is 5.49. The lowest BCUT2D eigenvalue weighted by Gasteiger charge is -2.23. The van der Waals surface area contributed by atoms with E-state index in [1.165, 1.54) is 6.26 Å². The molecular formula is C9H14F2OS. The predicted molar refractivity (Wildman–Crippen MR) is 50.0 cm³/mol. The molecule has 0 radical (unpaired) electrons. The van der Waals surface area contributed by atoms with Gasteiger partial charge < -0.3 is 0 Å². The fourth-order valence-electron chi connectivity index (χ4n) is 1.70. The molecule has 1 rings (SSSR count). The van der Waals surface area contributed by atoms with Gasteiger partial charge in [-0.2, -0.15) is 8.78 Å². The molecule has 0 aromatic heterocycles. The molecule has 0 bridgehead atoms. The molecule has 0 N–H and O–H groups in total. The molecule has 0 spiro atoms. The fourth-order valence-corrected chi connectivity index (χ4v) is 2.07. The molecule has 0 heterocycles. The van der Waals surface area contributed by atoms with E-state index >= 15 is 0 Å². The molecule has 13 heavy (non-hydrogen) atoms. The molecule has 4 heteroatoms. The van der Waals surface area contributed by atoms with Gasteiger partial charge in [0.25, 0.3) is 0 Å². The van der Waals surface area contributed by atoms with Crippen LogP contribution in [0.15, 0.2) is 0 Å². The van der Waals surface area contributed by atoms with E-state index in [4.69, 9.17) is 0 Å². The van der Waals surface area contributed by atoms with Crippen molar-refractivity contribution in [2.24, 2.45) is 5.92 Å². The van der Waals surface area contributed by atoms with Gasteiger partial charge in [0.15, 0.2) is 0 Å². The first-order chi connectivity index (χ1) is 6.08. The van der Waals surface area contributed by atoms with Crippen molar-refractivity contribution in [2.75, 3.05) is 6.26 Å². The van der Waals surface area contributed by atoms with Gasteiger partial charge in [-0.15, -0.1) is 0 Å². The summed E-state index contributed by atoms with van der Waals surface area (Å²) in [7, 11) is 0. The maximum atomic E-state index is 12.9. The summed E-state index contributed by atoms with van der Waals surface area (Å²) in [4.78, 5) is 11.3. The van der Waals surface area contributed by atoms with Gasteiger partial charge in [0.1, 0.15) is 0 Å². The second-order valence-corrected chi connectivity index (χ2v) is 4.34. The van der Waals surface area contributed by atoms with E-state index in [2.05, 4.69) is 0 Å². The van der Waals surface area contributed by atoms with Crippen LogP contribution >= 0.6 is 11.8 Å². The SMILES string of the molecule is CSC(F)(F)C(=O)C1CCCCC1. The molecular weight excluding hydrogens is 194 g/mol. The predicted octanol–water partition coefficient (Wildman–Crippen LogP) is 3.09. The molecule has 0 aromatic carbocycles. The molecule has 0 unspecified atom stereocenters. The van der Waals surface area contributed by atoms with Crippen LogP contribution in [0.5, 0.6) is 0 Å². The molecule has 0 aromatic rings. The Kier molecular flexibility index (Phi) is 3.71. The number of rotatable bonds is 3. The summed E-state index contributed by atoms with van der Waals surface area (Å²) in [6, 6.07) is 0. The number of alkyl halides is 2. The average Bonchev–Trinajstić information content (AvgIpc) is 2.18. The van der Waals surface area contributed by atoms with Gasteiger partial charge in [0.05, 0.1) is 0 Å². The zero-order valence-electron chi connectivity index (χ0n) is 7.69. The van der Waals surface area contributed by atoms with Crippen molar-refractivity contribution in [1.82, 2.24) is 0 Å². The van der Waals surface area contributed by atoms with E-state index in [0.717, 1.165) is 19.3 Å². The lowest BCUT2D eigenvalue weighted by atomic mass is 9.86. The Labute approximate surface area is 81.3 Å². The third-order valence-corrected chi connectivity index (χ3v) is 3.23. The van der Waals surface area contributed by atoms with Crippen LogP contribution in [0.3, 0.4) is 0 Å². The van der Waals surface area contributed by atoms with Gasteiger partial charge in [-0.25, -0.2) is 0 Å². The van der Waals surface area contributed by atoms with E-state index in [1.54, 1.807) is 0 Å². The Balaban J connectivity index is 2.55. The molecule has 0 atom stereocenters. The Morgan fingerprint density at radius 3 is 2.31 bits per heavy atom. The molecule has 0 amide bonds. The summed E-state index contributed by atoms with van der Waals surface area (Å²) in [5, 5.41) is -3.16. The van der Waals surface area contributed by atoms with Crippen LogP contribution in [0.1, 0.15) is 32.1 Å². The first-order valence-corrected chi connectivity index (χ1v) is 5.77. The zero-order valence-corrected chi connectivity index (χ0v) is 8.50. The first kappa shape index (κ1) is 11.0. The minimum atomic E-state index is -3.16. The van der Waals surface area contributed by atoms with E-state index in [9.17, 15) is 13.6 Å². The van der Waals surface area contributed by atoms with Crippen molar-refractivity contribution in [3.8, 4) is 0 Å². The number of Topliss-reactive ketones (excluding diaryl/α,β-unsaturated/α-hetero) is 1. The lowest BCUT2D eigenvalue weighted by Crippen LogP contribution is -2.32. The van der Waals surface area contributed by atoms with Crippen LogP contribution < -0.4 is 0 Å². The van der Waals surface area contributed by atoms with Crippen LogP contribution in [-0.4, -0.2) is 17.3 Å². The van der Waals surface area contributed by atoms with Gasteiger partial charge >= 0.3 is 5.25 Å². The largest absolute Gasteiger partial charge is 0.351 e. The van der Waals surface area contributed by atoms with Crippen LogP contribution in [0, 0.1) is 5.92 Å². The fraction of sp³-hybridized carbons (Fsp3) is 0.889. The summed E-state index contributed by atoms with van der Waals surface area (Å²) in [5.41, 5.74) is 0. The second-order valence-electron chi connectivity index (χ2n) is 3.42. The zero-order chi connectivity index (χ0) is 9.90. The lowest BCUT2D eigenvalue weighted by molar-refractivity contribution is -0.137. The number of hydrogen-bond donors (Lipinski definition) is 0. The number of ketones is 1. The van der Waals surface area contributed by atoms with E-state index < -0.39 is 17.0 Å². The minimum absolute atomic E-state index is 0.346. The molecule has 1 aliphatic rings. The highest BCUT2D eigenvalue weighted by Crippen LogP contribution is 2.35. The van der Waals surface area contributed by atoms with E-state index in [-0.39, 0.29) is 0 Å². The number of carbonyl (C=O) groups excluding carboxylic acids is 1. The second kappa shape index (κ2) is 4.40. The minimum Gasteiger partial charge on any atom is -0.292 e. The van der Waals surface area contributed by atoms with E-state index in [0.29, 0.717) is 24.6 Å². The summed E-state index contributed by atoms with van der Waals surface area (Å²) >= 11 is 0.346. The number of carbonyl (C=O) groups is 1. The third kappa shape index (κ3) is 2.66. The van der Waals surface area contributed by atoms with Gasteiger partial charge in [-0.05, 0) is 19.1 Å². The van der Waals surface area contributed by atoms with Crippen molar-refractivity contribution in [2.45, 2.75) is 37.4 Å². The van der Waals surface area contributed by atoms with Crippen LogP contribution in [0.2, 0.25) is 0 Å².